The number of nitrogens with zero attached hydrogens (tertiary/aromatic N) is 2. The van der Waals surface area contributed by atoms with Crippen LogP contribution in [0.5, 0.6) is 0 Å². The molecule has 3 N–H and O–H groups in total. The van der Waals surface area contributed by atoms with Crippen LogP contribution in [0.3, 0.4) is 0 Å². The summed E-state index contributed by atoms with van der Waals surface area (Å²) in [5, 5.41) is 0. The van der Waals surface area contributed by atoms with Crippen molar-refractivity contribution in [2.75, 3.05) is 17.2 Å². The first-order valence-electron chi connectivity index (χ1n) is 8.46. The van der Waals surface area contributed by atoms with Gasteiger partial charge >= 0.3 is 5.69 Å². The van der Waals surface area contributed by atoms with Crippen LogP contribution >= 0.6 is 22.9 Å². The van der Waals surface area contributed by atoms with Crippen LogP contribution in [-0.2, 0) is 6.54 Å². The molecular weight excluding hydrogens is 376 g/mol. The number of rotatable bonds is 7. The number of nitrogens with one attached hydrogen (secondary N) is 1. The van der Waals surface area contributed by atoms with Crippen molar-refractivity contribution in [2.24, 2.45) is 5.92 Å². The van der Waals surface area contributed by atoms with E-state index in [-0.39, 0.29) is 23.3 Å². The Balaban J connectivity index is 2.59. The van der Waals surface area contributed by atoms with Gasteiger partial charge in [0.1, 0.15) is 5.82 Å². The number of nitrogens with two attached hydrogens (primary N) is 1. The first kappa shape index (κ1) is 20.3. The molecule has 0 spiro atoms. The smallest absolute Gasteiger partial charge is 0.330 e. The fraction of sp³-hybridized carbons (Fsp3) is 0.471. The Bertz CT molecular complexity index is 900. The molecule has 0 radical (unpaired) electrons. The van der Waals surface area contributed by atoms with Crippen molar-refractivity contribution in [1.82, 2.24) is 9.55 Å². The third kappa shape index (κ3) is 4.37. The molecular formula is C17H23ClN4O3S. The highest BCUT2D eigenvalue weighted by Crippen LogP contribution is 2.26. The van der Waals surface area contributed by atoms with Crippen molar-refractivity contribution in [2.45, 2.75) is 40.2 Å². The van der Waals surface area contributed by atoms with Crippen LogP contribution in [0, 0.1) is 5.92 Å². The van der Waals surface area contributed by atoms with Crippen LogP contribution in [0.15, 0.2) is 21.7 Å². The predicted molar refractivity (Wildman–Crippen MR) is 106 cm³/mol. The molecule has 1 amide bonds. The molecule has 2 heterocycles. The van der Waals surface area contributed by atoms with Crippen LogP contribution in [0.1, 0.15) is 43.3 Å². The zero-order chi connectivity index (χ0) is 19.4. The topological polar surface area (TPSA) is 101 Å². The van der Waals surface area contributed by atoms with Crippen molar-refractivity contribution in [3.8, 4) is 0 Å². The minimum Gasteiger partial charge on any atom is -0.383 e. The van der Waals surface area contributed by atoms with Gasteiger partial charge in [0.25, 0.3) is 11.5 Å². The lowest BCUT2D eigenvalue weighted by atomic mass is 10.2. The number of halogens is 1. The Morgan fingerprint density at radius 2 is 2.08 bits per heavy atom. The highest BCUT2D eigenvalue weighted by molar-refractivity contribution is 7.18. The summed E-state index contributed by atoms with van der Waals surface area (Å²) in [6, 6.07) is 3.24. The molecule has 0 bridgehead atoms. The Morgan fingerprint density at radius 1 is 1.38 bits per heavy atom. The van der Waals surface area contributed by atoms with Gasteiger partial charge in [-0.2, -0.15) is 0 Å². The summed E-state index contributed by atoms with van der Waals surface area (Å²) in [6.45, 7) is 6.51. The average molecular weight is 399 g/mol. The maximum absolute atomic E-state index is 13.0. The fourth-order valence-electron chi connectivity index (χ4n) is 2.58. The maximum atomic E-state index is 13.0. The standard InChI is InChI=1S/C17H23ClN4O3S/c1-4-5-8-21(16(24)11-6-7-12(18)26-11)13-14(19)22(9-10(2)3)17(25)20-15(13)23/h6-7,10H,4-5,8-9,19H2,1-3H3,(H,20,23,25). The minimum atomic E-state index is -0.667. The minimum absolute atomic E-state index is 0.000411. The molecule has 7 nitrogen and oxygen atoms in total. The Morgan fingerprint density at radius 3 is 2.62 bits per heavy atom. The Kier molecular flexibility index (Phi) is 6.66. The molecule has 2 aromatic heterocycles. The fourth-order valence-corrected chi connectivity index (χ4v) is 3.57. The number of carbonyl (C=O) groups excluding carboxylic acids is 1. The highest BCUT2D eigenvalue weighted by atomic mass is 35.5. The molecule has 9 heteroatoms. The first-order valence-corrected chi connectivity index (χ1v) is 9.65. The number of hydrogen-bond donors (Lipinski definition) is 2. The van der Waals surface area contributed by atoms with E-state index < -0.39 is 11.2 Å². The average Bonchev–Trinajstić information content (AvgIpc) is 3.00. The summed E-state index contributed by atoms with van der Waals surface area (Å²) in [7, 11) is 0. The molecule has 0 aliphatic heterocycles. The molecule has 0 unspecified atom stereocenters. The molecule has 26 heavy (non-hydrogen) atoms. The van der Waals surface area contributed by atoms with Crippen LogP contribution < -0.4 is 21.9 Å². The Hall–Kier alpha value is -2.06. The number of aromatic nitrogens is 2. The third-order valence-corrected chi connectivity index (χ3v) is 5.02. The van der Waals surface area contributed by atoms with Crippen LogP contribution in [0.25, 0.3) is 0 Å². The number of anilines is 2. The molecule has 2 rings (SSSR count). The quantitative estimate of drug-likeness (QED) is 0.748. The van der Waals surface area contributed by atoms with Gasteiger partial charge in [0, 0.05) is 13.1 Å². The maximum Gasteiger partial charge on any atom is 0.330 e. The second kappa shape index (κ2) is 8.55. The van der Waals surface area contributed by atoms with E-state index in [1.165, 1.54) is 9.47 Å². The van der Waals surface area contributed by atoms with E-state index in [2.05, 4.69) is 4.98 Å². The monoisotopic (exact) mass is 398 g/mol. The van der Waals surface area contributed by atoms with Gasteiger partial charge in [-0.25, -0.2) is 4.79 Å². The van der Waals surface area contributed by atoms with E-state index in [9.17, 15) is 14.4 Å². The van der Waals surface area contributed by atoms with Gasteiger partial charge in [0.05, 0.1) is 9.21 Å². The number of aromatic amines is 1. The zero-order valence-corrected chi connectivity index (χ0v) is 16.6. The molecule has 0 atom stereocenters. The summed E-state index contributed by atoms with van der Waals surface area (Å²) >= 11 is 7.07. The van der Waals surface area contributed by atoms with Crippen LogP contribution in [0.4, 0.5) is 11.5 Å². The van der Waals surface area contributed by atoms with E-state index in [0.717, 1.165) is 17.8 Å². The summed E-state index contributed by atoms with van der Waals surface area (Å²) < 4.78 is 1.78. The molecule has 142 valence electrons. The third-order valence-electron chi connectivity index (χ3n) is 3.80. The molecule has 2 aromatic rings. The molecule has 0 aromatic carbocycles. The van der Waals surface area contributed by atoms with Gasteiger partial charge in [-0.1, -0.05) is 38.8 Å². The number of hydrogen-bond acceptors (Lipinski definition) is 5. The lowest BCUT2D eigenvalue weighted by Gasteiger charge is -2.24. The molecule has 0 fully saturated rings. The van der Waals surface area contributed by atoms with Crippen LogP contribution in [-0.4, -0.2) is 22.0 Å². The van der Waals surface area contributed by atoms with E-state index in [4.69, 9.17) is 17.3 Å². The van der Waals surface area contributed by atoms with Gasteiger partial charge in [-0.3, -0.25) is 24.0 Å². The van der Waals surface area contributed by atoms with E-state index >= 15 is 0 Å². The van der Waals surface area contributed by atoms with E-state index in [0.29, 0.717) is 28.7 Å². The summed E-state index contributed by atoms with van der Waals surface area (Å²) in [5.74, 6) is -0.216. The second-order valence-corrected chi connectivity index (χ2v) is 8.13. The van der Waals surface area contributed by atoms with Gasteiger partial charge in [0.15, 0.2) is 5.69 Å². The Labute approximate surface area is 160 Å². The second-order valence-electron chi connectivity index (χ2n) is 6.41. The summed E-state index contributed by atoms with van der Waals surface area (Å²) in [6.07, 6.45) is 1.52. The molecule has 0 aliphatic rings. The van der Waals surface area contributed by atoms with Crippen LogP contribution in [0.2, 0.25) is 4.34 Å². The number of carbonyl (C=O) groups is 1. The number of nitrogen functional groups attached to an aromatic ring is 1. The largest absolute Gasteiger partial charge is 0.383 e. The van der Waals surface area contributed by atoms with Gasteiger partial charge in [-0.15, -0.1) is 11.3 Å². The SMILES string of the molecule is CCCCN(C(=O)c1ccc(Cl)s1)c1c(N)n(CC(C)C)c(=O)[nH]c1=O. The van der Waals surface area contributed by atoms with E-state index in [1.54, 1.807) is 12.1 Å². The van der Waals surface area contributed by atoms with Crippen molar-refractivity contribution >= 4 is 40.4 Å². The van der Waals surface area contributed by atoms with Gasteiger partial charge in [0.2, 0.25) is 0 Å². The highest BCUT2D eigenvalue weighted by Gasteiger charge is 2.26. The summed E-state index contributed by atoms with van der Waals surface area (Å²) in [5.41, 5.74) is 4.92. The van der Waals surface area contributed by atoms with Gasteiger partial charge < -0.3 is 5.73 Å². The zero-order valence-electron chi connectivity index (χ0n) is 15.0. The van der Waals surface area contributed by atoms with Crippen molar-refractivity contribution in [1.29, 1.82) is 0 Å². The van der Waals surface area contributed by atoms with Crippen molar-refractivity contribution in [3.63, 3.8) is 0 Å². The van der Waals surface area contributed by atoms with Crippen molar-refractivity contribution in [3.05, 3.63) is 42.2 Å². The van der Waals surface area contributed by atoms with Crippen molar-refractivity contribution < 1.29 is 4.79 Å². The summed E-state index contributed by atoms with van der Waals surface area (Å²) in [4.78, 5) is 41.6. The lowest BCUT2D eigenvalue weighted by Crippen LogP contribution is -2.41. The normalized spacial score (nSPS) is 11.1. The number of amides is 1. The molecule has 0 saturated carbocycles. The predicted octanol–water partition coefficient (Wildman–Crippen LogP) is 2.94. The number of unbranched alkanes of at least 4 members (excludes halogenated alkanes) is 1. The number of H-pyrrole nitrogens is 1. The lowest BCUT2D eigenvalue weighted by molar-refractivity contribution is 0.0990. The number of thiophene rings is 1. The van der Waals surface area contributed by atoms with Gasteiger partial charge in [-0.05, 0) is 24.5 Å². The molecule has 0 aliphatic carbocycles. The molecule has 0 saturated heterocycles. The first-order chi connectivity index (χ1) is 12.3. The van der Waals surface area contributed by atoms with E-state index in [1.807, 2.05) is 20.8 Å².